The lowest BCUT2D eigenvalue weighted by molar-refractivity contribution is 0.252. The van der Waals surface area contributed by atoms with E-state index < -0.39 is 0 Å². The van der Waals surface area contributed by atoms with Gasteiger partial charge < -0.3 is 10.6 Å². The van der Waals surface area contributed by atoms with Crippen molar-refractivity contribution in [1.82, 2.24) is 15.0 Å². The second-order valence-electron chi connectivity index (χ2n) is 5.70. The van der Waals surface area contributed by atoms with Crippen LogP contribution in [0.4, 0.5) is 0 Å². The van der Waals surface area contributed by atoms with E-state index in [4.69, 9.17) is 0 Å². The van der Waals surface area contributed by atoms with Crippen LogP contribution < -0.4 is 10.6 Å². The number of aromatic nitrogens is 1. The highest BCUT2D eigenvalue weighted by atomic mass is 79.9. The molecule has 0 aliphatic carbocycles. The molecule has 0 amide bonds. The standard InChI is InChI=1S/C12H20BrN3S/c1-12(2,3)10-9(4-5-14-10)15-6-8-7-16-17-11(8)13/h7,9-10,14-15H,4-6H2,1-3H3/t9-,10-/m1/s1. The second kappa shape index (κ2) is 5.34. The summed E-state index contributed by atoms with van der Waals surface area (Å²) in [4.78, 5) is 0. The molecule has 2 heterocycles. The Labute approximate surface area is 116 Å². The normalized spacial score (nSPS) is 25.4. The Morgan fingerprint density at radius 3 is 2.94 bits per heavy atom. The maximum absolute atomic E-state index is 4.17. The van der Waals surface area contributed by atoms with Gasteiger partial charge in [0.25, 0.3) is 0 Å². The number of rotatable bonds is 3. The first kappa shape index (κ1) is 13.5. The fraction of sp³-hybridized carbons (Fsp3) is 0.750. The largest absolute Gasteiger partial charge is 0.312 e. The van der Waals surface area contributed by atoms with Crippen LogP contribution in [0.2, 0.25) is 0 Å². The fourth-order valence-corrected chi connectivity index (χ4v) is 3.44. The zero-order valence-corrected chi connectivity index (χ0v) is 13.0. The van der Waals surface area contributed by atoms with Gasteiger partial charge in [0.15, 0.2) is 0 Å². The van der Waals surface area contributed by atoms with Crippen molar-refractivity contribution in [3.05, 3.63) is 15.5 Å². The molecule has 0 bridgehead atoms. The van der Waals surface area contributed by atoms with Gasteiger partial charge in [0.2, 0.25) is 0 Å². The first-order valence-electron chi connectivity index (χ1n) is 6.04. The summed E-state index contributed by atoms with van der Waals surface area (Å²) in [5.74, 6) is 0. The van der Waals surface area contributed by atoms with Crippen LogP contribution in [-0.4, -0.2) is 23.0 Å². The van der Waals surface area contributed by atoms with E-state index in [-0.39, 0.29) is 0 Å². The maximum atomic E-state index is 4.17. The van der Waals surface area contributed by atoms with Gasteiger partial charge >= 0.3 is 0 Å². The van der Waals surface area contributed by atoms with Gasteiger partial charge in [0.05, 0.1) is 3.79 Å². The van der Waals surface area contributed by atoms with Crippen molar-refractivity contribution in [1.29, 1.82) is 0 Å². The van der Waals surface area contributed by atoms with Crippen molar-refractivity contribution in [2.24, 2.45) is 5.41 Å². The summed E-state index contributed by atoms with van der Waals surface area (Å²) in [6.07, 6.45) is 3.15. The Bertz CT molecular complexity index is 372. The van der Waals surface area contributed by atoms with E-state index >= 15 is 0 Å². The minimum Gasteiger partial charge on any atom is -0.312 e. The summed E-state index contributed by atoms with van der Waals surface area (Å²) < 4.78 is 5.32. The highest BCUT2D eigenvalue weighted by Gasteiger charge is 2.35. The number of hydrogen-bond donors (Lipinski definition) is 2. The Kier molecular flexibility index (Phi) is 4.23. The van der Waals surface area contributed by atoms with E-state index in [1.54, 1.807) is 0 Å². The van der Waals surface area contributed by atoms with Crippen molar-refractivity contribution in [2.75, 3.05) is 6.54 Å². The lowest BCUT2D eigenvalue weighted by Crippen LogP contribution is -2.48. The number of hydrogen-bond acceptors (Lipinski definition) is 4. The van der Waals surface area contributed by atoms with Gasteiger partial charge in [0.1, 0.15) is 0 Å². The van der Waals surface area contributed by atoms with Gasteiger partial charge in [-0.1, -0.05) is 20.8 Å². The van der Waals surface area contributed by atoms with Crippen LogP contribution in [-0.2, 0) is 6.54 Å². The van der Waals surface area contributed by atoms with Crippen LogP contribution in [0.5, 0.6) is 0 Å². The molecule has 96 valence electrons. The summed E-state index contributed by atoms with van der Waals surface area (Å²) in [5, 5.41) is 7.26. The molecule has 3 nitrogen and oxygen atoms in total. The number of nitrogens with zero attached hydrogens (tertiary/aromatic N) is 1. The zero-order valence-electron chi connectivity index (χ0n) is 10.6. The van der Waals surface area contributed by atoms with Crippen LogP contribution in [0.15, 0.2) is 9.98 Å². The molecule has 1 saturated heterocycles. The minimum atomic E-state index is 0.304. The van der Waals surface area contributed by atoms with Crippen molar-refractivity contribution in [2.45, 2.75) is 45.8 Å². The number of nitrogens with one attached hydrogen (secondary N) is 2. The smallest absolute Gasteiger partial charge is 0.0950 e. The van der Waals surface area contributed by atoms with Crippen LogP contribution in [0.25, 0.3) is 0 Å². The first-order valence-corrected chi connectivity index (χ1v) is 7.61. The molecule has 0 spiro atoms. The Morgan fingerprint density at radius 1 is 1.59 bits per heavy atom. The van der Waals surface area contributed by atoms with Crippen molar-refractivity contribution < 1.29 is 0 Å². The van der Waals surface area contributed by atoms with Crippen molar-refractivity contribution in [3.63, 3.8) is 0 Å². The third-order valence-corrected chi connectivity index (χ3v) is 4.88. The van der Waals surface area contributed by atoms with Gasteiger partial charge in [-0.15, -0.1) is 0 Å². The molecule has 2 rings (SSSR count). The molecule has 0 radical (unpaired) electrons. The first-order chi connectivity index (χ1) is 7.98. The Balaban J connectivity index is 1.93. The average Bonchev–Trinajstić information content (AvgIpc) is 2.82. The zero-order chi connectivity index (χ0) is 12.5. The highest BCUT2D eigenvalue weighted by Crippen LogP contribution is 2.27. The second-order valence-corrected chi connectivity index (χ2v) is 7.82. The highest BCUT2D eigenvalue weighted by molar-refractivity contribution is 9.11. The van der Waals surface area contributed by atoms with Crippen molar-refractivity contribution >= 4 is 27.5 Å². The summed E-state index contributed by atoms with van der Waals surface area (Å²) in [5.41, 5.74) is 1.56. The number of halogens is 1. The van der Waals surface area contributed by atoms with E-state index in [0.29, 0.717) is 17.5 Å². The average molecular weight is 318 g/mol. The van der Waals surface area contributed by atoms with Gasteiger partial charge in [-0.2, -0.15) is 4.37 Å². The third kappa shape index (κ3) is 3.28. The van der Waals surface area contributed by atoms with Gasteiger partial charge in [0, 0.05) is 30.4 Å². The molecule has 5 heteroatoms. The summed E-state index contributed by atoms with van der Waals surface area (Å²) in [7, 11) is 0. The predicted molar refractivity (Wildman–Crippen MR) is 76.3 cm³/mol. The quantitative estimate of drug-likeness (QED) is 0.900. The molecule has 17 heavy (non-hydrogen) atoms. The molecule has 1 aromatic rings. The van der Waals surface area contributed by atoms with E-state index in [2.05, 4.69) is 51.7 Å². The van der Waals surface area contributed by atoms with E-state index in [9.17, 15) is 0 Å². The SMILES string of the molecule is CC(C)(C)[C@@H]1NCC[C@H]1NCc1cnsc1Br. The summed E-state index contributed by atoms with van der Waals surface area (Å²) >= 11 is 5.04. The lowest BCUT2D eigenvalue weighted by atomic mass is 9.83. The van der Waals surface area contributed by atoms with Crippen LogP contribution in [0.1, 0.15) is 32.8 Å². The van der Waals surface area contributed by atoms with Gasteiger partial charge in [-0.05, 0) is 45.8 Å². The molecule has 2 atom stereocenters. The van der Waals surface area contributed by atoms with Gasteiger partial charge in [-0.3, -0.25) is 0 Å². The monoisotopic (exact) mass is 317 g/mol. The van der Waals surface area contributed by atoms with E-state index in [1.165, 1.54) is 23.5 Å². The van der Waals surface area contributed by atoms with Crippen molar-refractivity contribution in [3.8, 4) is 0 Å². The molecule has 0 unspecified atom stereocenters. The summed E-state index contributed by atoms with van der Waals surface area (Å²) in [6.45, 7) is 8.91. The third-order valence-electron chi connectivity index (χ3n) is 3.30. The molecule has 2 N–H and O–H groups in total. The van der Waals surface area contributed by atoms with Crippen LogP contribution in [0.3, 0.4) is 0 Å². The van der Waals surface area contributed by atoms with E-state index in [1.807, 2.05) is 6.20 Å². The molecule has 0 aromatic carbocycles. The van der Waals surface area contributed by atoms with E-state index in [0.717, 1.165) is 16.9 Å². The lowest BCUT2D eigenvalue weighted by Gasteiger charge is -2.32. The molecule has 0 saturated carbocycles. The molecule has 1 aliphatic rings. The maximum Gasteiger partial charge on any atom is 0.0950 e. The minimum absolute atomic E-state index is 0.304. The van der Waals surface area contributed by atoms with Gasteiger partial charge in [-0.25, -0.2) is 0 Å². The Hall–Kier alpha value is 0.0300. The molecule has 1 aliphatic heterocycles. The fourth-order valence-electron chi connectivity index (χ4n) is 2.43. The molecule has 1 aromatic heterocycles. The Morgan fingerprint density at radius 2 is 2.35 bits per heavy atom. The topological polar surface area (TPSA) is 37.0 Å². The van der Waals surface area contributed by atoms with Crippen LogP contribution in [0, 0.1) is 5.41 Å². The molecular formula is C12H20BrN3S. The molecule has 1 fully saturated rings. The summed E-state index contributed by atoms with van der Waals surface area (Å²) in [6, 6.07) is 1.11. The predicted octanol–water partition coefficient (Wildman–Crippen LogP) is 2.77. The molecular weight excluding hydrogens is 298 g/mol. The van der Waals surface area contributed by atoms with Crippen LogP contribution >= 0.6 is 27.5 Å².